The minimum Gasteiger partial charge on any atom is -0.346 e. The van der Waals surface area contributed by atoms with Crippen molar-refractivity contribution in [3.05, 3.63) is 29.8 Å². The SMILES string of the molecule is CSC(=S)N(C)CS(=O)(=O)c1ccc(C)cc1. The van der Waals surface area contributed by atoms with Crippen molar-refractivity contribution in [2.75, 3.05) is 19.2 Å². The normalized spacial score (nSPS) is 11.2. The third-order valence-corrected chi connectivity index (χ3v) is 5.42. The van der Waals surface area contributed by atoms with Gasteiger partial charge in [0.2, 0.25) is 0 Å². The Morgan fingerprint density at radius 1 is 1.35 bits per heavy atom. The Morgan fingerprint density at radius 2 is 1.88 bits per heavy atom. The maximum Gasteiger partial charge on any atom is 0.196 e. The number of nitrogens with zero attached hydrogens (tertiary/aromatic N) is 1. The Labute approximate surface area is 112 Å². The zero-order valence-corrected chi connectivity index (χ0v) is 12.5. The average molecular weight is 289 g/mol. The fraction of sp³-hybridized carbons (Fsp3) is 0.364. The van der Waals surface area contributed by atoms with E-state index in [1.807, 2.05) is 13.2 Å². The highest BCUT2D eigenvalue weighted by Gasteiger charge is 2.18. The van der Waals surface area contributed by atoms with E-state index in [0.29, 0.717) is 9.22 Å². The summed E-state index contributed by atoms with van der Waals surface area (Å²) in [4.78, 5) is 1.90. The minimum absolute atomic E-state index is 0.0876. The van der Waals surface area contributed by atoms with E-state index >= 15 is 0 Å². The quantitative estimate of drug-likeness (QED) is 0.798. The van der Waals surface area contributed by atoms with Gasteiger partial charge in [0.05, 0.1) is 4.90 Å². The number of thioether (sulfide) groups is 1. The summed E-state index contributed by atoms with van der Waals surface area (Å²) in [5.74, 6) is -0.0876. The molecule has 0 saturated carbocycles. The molecule has 0 radical (unpaired) electrons. The van der Waals surface area contributed by atoms with Crippen LogP contribution in [-0.2, 0) is 9.84 Å². The molecule has 0 unspecified atom stereocenters. The van der Waals surface area contributed by atoms with Crippen LogP contribution in [0.4, 0.5) is 0 Å². The van der Waals surface area contributed by atoms with Crippen molar-refractivity contribution in [1.82, 2.24) is 4.90 Å². The lowest BCUT2D eigenvalue weighted by atomic mass is 10.2. The van der Waals surface area contributed by atoms with Gasteiger partial charge in [0.25, 0.3) is 0 Å². The second-order valence-corrected chi connectivity index (χ2v) is 7.12. The smallest absolute Gasteiger partial charge is 0.196 e. The Kier molecular flexibility index (Phi) is 4.97. The first-order valence-corrected chi connectivity index (χ1v) is 8.24. The molecule has 3 nitrogen and oxygen atoms in total. The van der Waals surface area contributed by atoms with E-state index in [2.05, 4.69) is 0 Å². The zero-order chi connectivity index (χ0) is 13.1. The van der Waals surface area contributed by atoms with Crippen LogP contribution < -0.4 is 0 Å². The van der Waals surface area contributed by atoms with Gasteiger partial charge in [-0.15, -0.1) is 11.8 Å². The monoisotopic (exact) mass is 289 g/mol. The van der Waals surface area contributed by atoms with E-state index in [1.165, 1.54) is 11.8 Å². The number of benzene rings is 1. The topological polar surface area (TPSA) is 37.4 Å². The van der Waals surface area contributed by atoms with Crippen molar-refractivity contribution < 1.29 is 8.42 Å². The van der Waals surface area contributed by atoms with Crippen LogP contribution in [0.2, 0.25) is 0 Å². The molecule has 0 aliphatic rings. The molecule has 0 bridgehead atoms. The summed E-state index contributed by atoms with van der Waals surface area (Å²) < 4.78 is 24.7. The second-order valence-electron chi connectivity index (χ2n) is 3.72. The van der Waals surface area contributed by atoms with Gasteiger partial charge in [-0.2, -0.15) is 0 Å². The highest BCUT2D eigenvalue weighted by molar-refractivity contribution is 8.22. The average Bonchev–Trinajstić information content (AvgIpc) is 2.27. The Bertz CT molecular complexity index is 494. The summed E-state index contributed by atoms with van der Waals surface area (Å²) in [6.07, 6.45) is 1.83. The third kappa shape index (κ3) is 3.97. The van der Waals surface area contributed by atoms with Crippen molar-refractivity contribution in [2.45, 2.75) is 11.8 Å². The standard InChI is InChI=1S/C11H15NO2S3/c1-9-4-6-10(7-5-9)17(13,14)8-12(2)11(15)16-3/h4-7H,8H2,1-3H3. The Hall–Kier alpha value is -0.590. The van der Waals surface area contributed by atoms with Gasteiger partial charge in [0.1, 0.15) is 10.2 Å². The van der Waals surface area contributed by atoms with Crippen LogP contribution in [-0.4, -0.2) is 36.8 Å². The van der Waals surface area contributed by atoms with Crippen molar-refractivity contribution in [3.8, 4) is 0 Å². The fourth-order valence-electron chi connectivity index (χ4n) is 1.28. The van der Waals surface area contributed by atoms with Gasteiger partial charge < -0.3 is 4.90 Å². The molecule has 0 amide bonds. The second kappa shape index (κ2) is 5.84. The van der Waals surface area contributed by atoms with Gasteiger partial charge in [0, 0.05) is 7.05 Å². The molecule has 1 aromatic rings. The van der Waals surface area contributed by atoms with Crippen LogP contribution in [0.1, 0.15) is 5.56 Å². The van der Waals surface area contributed by atoms with E-state index in [4.69, 9.17) is 12.2 Å². The Balaban J connectivity index is 2.89. The van der Waals surface area contributed by atoms with E-state index < -0.39 is 9.84 Å². The Morgan fingerprint density at radius 3 is 2.35 bits per heavy atom. The first-order chi connectivity index (χ1) is 7.86. The largest absolute Gasteiger partial charge is 0.346 e. The predicted molar refractivity (Wildman–Crippen MR) is 77.1 cm³/mol. The number of hydrogen-bond acceptors (Lipinski definition) is 4. The van der Waals surface area contributed by atoms with E-state index in [-0.39, 0.29) is 5.88 Å². The predicted octanol–water partition coefficient (Wildman–Crippen LogP) is 2.31. The third-order valence-electron chi connectivity index (χ3n) is 2.23. The molecular weight excluding hydrogens is 274 g/mol. The van der Waals surface area contributed by atoms with Crippen molar-refractivity contribution in [2.24, 2.45) is 0 Å². The van der Waals surface area contributed by atoms with Crippen LogP contribution in [0.25, 0.3) is 0 Å². The van der Waals surface area contributed by atoms with Crippen LogP contribution in [0.15, 0.2) is 29.2 Å². The van der Waals surface area contributed by atoms with Gasteiger partial charge in [-0.3, -0.25) is 0 Å². The highest BCUT2D eigenvalue weighted by atomic mass is 32.2. The van der Waals surface area contributed by atoms with Crippen molar-refractivity contribution in [3.63, 3.8) is 0 Å². The van der Waals surface area contributed by atoms with Crippen LogP contribution >= 0.6 is 24.0 Å². The van der Waals surface area contributed by atoms with Gasteiger partial charge in [-0.25, -0.2) is 8.42 Å². The fourth-order valence-corrected chi connectivity index (χ4v) is 3.23. The van der Waals surface area contributed by atoms with Gasteiger partial charge in [0.15, 0.2) is 9.84 Å². The van der Waals surface area contributed by atoms with Crippen LogP contribution in [0.3, 0.4) is 0 Å². The summed E-state index contributed by atoms with van der Waals surface area (Å²) in [7, 11) is -1.62. The first kappa shape index (κ1) is 14.5. The summed E-state index contributed by atoms with van der Waals surface area (Å²) >= 11 is 6.41. The lowest BCUT2D eigenvalue weighted by molar-refractivity contribution is 0.549. The lowest BCUT2D eigenvalue weighted by Crippen LogP contribution is -2.29. The molecule has 0 saturated heterocycles. The summed E-state index contributed by atoms with van der Waals surface area (Å²) in [6, 6.07) is 6.83. The number of rotatable bonds is 3. The minimum atomic E-state index is -3.31. The molecule has 0 N–H and O–H groups in total. The lowest BCUT2D eigenvalue weighted by Gasteiger charge is -2.18. The highest BCUT2D eigenvalue weighted by Crippen LogP contribution is 2.14. The number of aryl methyl sites for hydroxylation is 1. The van der Waals surface area contributed by atoms with Crippen molar-refractivity contribution >= 4 is 38.1 Å². The molecule has 0 spiro atoms. The van der Waals surface area contributed by atoms with E-state index in [0.717, 1.165) is 5.56 Å². The van der Waals surface area contributed by atoms with Gasteiger partial charge in [-0.1, -0.05) is 29.9 Å². The molecule has 0 heterocycles. The summed E-state index contributed by atoms with van der Waals surface area (Å²) in [5, 5.41) is 0. The molecule has 94 valence electrons. The molecule has 0 aliphatic carbocycles. The van der Waals surface area contributed by atoms with Crippen LogP contribution in [0, 0.1) is 6.92 Å². The van der Waals surface area contributed by atoms with Gasteiger partial charge in [-0.05, 0) is 25.3 Å². The summed E-state index contributed by atoms with van der Waals surface area (Å²) in [5.41, 5.74) is 1.04. The molecular formula is C11H15NO2S3. The maximum atomic E-state index is 12.1. The zero-order valence-electron chi connectivity index (χ0n) is 10.0. The molecule has 0 aromatic heterocycles. The van der Waals surface area contributed by atoms with Gasteiger partial charge >= 0.3 is 0 Å². The number of sulfone groups is 1. The molecule has 1 rings (SSSR count). The maximum absolute atomic E-state index is 12.1. The molecule has 0 atom stereocenters. The van der Waals surface area contributed by atoms with E-state index in [1.54, 1.807) is 36.2 Å². The van der Waals surface area contributed by atoms with E-state index in [9.17, 15) is 8.42 Å². The number of hydrogen-bond donors (Lipinski definition) is 0. The first-order valence-electron chi connectivity index (χ1n) is 4.95. The van der Waals surface area contributed by atoms with Crippen molar-refractivity contribution in [1.29, 1.82) is 0 Å². The summed E-state index contributed by atoms with van der Waals surface area (Å²) in [6.45, 7) is 1.92. The molecule has 0 aliphatic heterocycles. The molecule has 6 heteroatoms. The molecule has 1 aromatic carbocycles. The molecule has 0 fully saturated rings. The molecule has 17 heavy (non-hydrogen) atoms. The number of thiocarbonyl (C=S) groups is 1. The van der Waals surface area contributed by atoms with Crippen LogP contribution in [0.5, 0.6) is 0 Å².